The van der Waals surface area contributed by atoms with Crippen LogP contribution in [0.15, 0.2) is 24.5 Å². The minimum absolute atomic E-state index is 0.0532. The topological polar surface area (TPSA) is 76.1 Å². The van der Waals surface area contributed by atoms with Crippen molar-refractivity contribution < 1.29 is 22.7 Å². The fourth-order valence-corrected chi connectivity index (χ4v) is 1.63. The number of nitrogens with zero attached hydrogens (tertiary/aromatic N) is 2. The zero-order valence-corrected chi connectivity index (χ0v) is 12.1. The van der Waals surface area contributed by atoms with Crippen LogP contribution in [0.1, 0.15) is 10.5 Å². The minimum Gasteiger partial charge on any atom is -0.383 e. The Kier molecular flexibility index (Phi) is 5.47. The van der Waals surface area contributed by atoms with Crippen molar-refractivity contribution in [2.24, 2.45) is 0 Å². The van der Waals surface area contributed by atoms with Gasteiger partial charge in [0.25, 0.3) is 5.91 Å². The van der Waals surface area contributed by atoms with E-state index >= 15 is 0 Å². The van der Waals surface area contributed by atoms with Crippen molar-refractivity contribution in [3.63, 3.8) is 0 Å². The van der Waals surface area contributed by atoms with Crippen molar-refractivity contribution >= 4 is 17.4 Å². The Bertz CT molecular complexity index is 695. The smallest absolute Gasteiger partial charge is 0.271 e. The monoisotopic (exact) mass is 326 g/mol. The molecule has 122 valence electrons. The summed E-state index contributed by atoms with van der Waals surface area (Å²) in [6, 6.07) is 1.81. The van der Waals surface area contributed by atoms with Crippen LogP contribution in [-0.2, 0) is 4.74 Å². The summed E-state index contributed by atoms with van der Waals surface area (Å²) in [5.74, 6) is -4.61. The highest BCUT2D eigenvalue weighted by Crippen LogP contribution is 2.22. The van der Waals surface area contributed by atoms with Gasteiger partial charge in [-0.05, 0) is 12.1 Å². The van der Waals surface area contributed by atoms with Gasteiger partial charge in [-0.15, -0.1) is 0 Å². The Morgan fingerprint density at radius 1 is 1.17 bits per heavy atom. The molecule has 0 saturated carbocycles. The maximum absolute atomic E-state index is 13.5. The molecule has 2 aromatic rings. The molecular weight excluding hydrogens is 313 g/mol. The highest BCUT2D eigenvalue weighted by atomic mass is 19.2. The summed E-state index contributed by atoms with van der Waals surface area (Å²) >= 11 is 0. The van der Waals surface area contributed by atoms with Gasteiger partial charge >= 0.3 is 0 Å². The number of halogens is 3. The average Bonchev–Trinajstić information content (AvgIpc) is 2.56. The second kappa shape index (κ2) is 7.54. The van der Waals surface area contributed by atoms with Crippen molar-refractivity contribution in [2.45, 2.75) is 0 Å². The fourth-order valence-electron chi connectivity index (χ4n) is 1.63. The first-order valence-corrected chi connectivity index (χ1v) is 6.52. The average molecular weight is 326 g/mol. The van der Waals surface area contributed by atoms with Gasteiger partial charge in [-0.2, -0.15) is 0 Å². The van der Waals surface area contributed by atoms with Crippen molar-refractivity contribution in [3.05, 3.63) is 47.7 Å². The Balaban J connectivity index is 2.06. The molecule has 9 heteroatoms. The molecule has 1 aromatic carbocycles. The number of carbonyl (C=O) groups excluding carboxylic acids is 1. The largest absolute Gasteiger partial charge is 0.383 e. The summed E-state index contributed by atoms with van der Waals surface area (Å²) in [7, 11) is 1.50. The zero-order valence-electron chi connectivity index (χ0n) is 12.1. The molecule has 0 spiro atoms. The molecule has 0 fully saturated rings. The summed E-state index contributed by atoms with van der Waals surface area (Å²) in [6.07, 6.45) is 2.34. The third-order valence-electron chi connectivity index (χ3n) is 2.77. The molecule has 1 aromatic heterocycles. The van der Waals surface area contributed by atoms with E-state index in [4.69, 9.17) is 4.74 Å². The molecule has 2 rings (SSSR count). The number of amides is 1. The normalized spacial score (nSPS) is 10.4. The maximum atomic E-state index is 13.5. The number of nitrogens with one attached hydrogen (secondary N) is 2. The third-order valence-corrected chi connectivity index (χ3v) is 2.77. The number of ether oxygens (including phenoxy) is 1. The van der Waals surface area contributed by atoms with E-state index < -0.39 is 23.4 Å². The SMILES string of the molecule is COCCNC(=O)c1cnc(Nc2ccc(F)c(F)c2F)cn1. The molecule has 0 saturated heterocycles. The van der Waals surface area contributed by atoms with E-state index in [2.05, 4.69) is 20.6 Å². The Morgan fingerprint density at radius 3 is 2.61 bits per heavy atom. The quantitative estimate of drug-likeness (QED) is 0.627. The van der Waals surface area contributed by atoms with Gasteiger partial charge in [-0.3, -0.25) is 4.79 Å². The van der Waals surface area contributed by atoms with E-state index in [9.17, 15) is 18.0 Å². The zero-order chi connectivity index (χ0) is 16.8. The lowest BCUT2D eigenvalue weighted by atomic mass is 10.3. The number of anilines is 2. The van der Waals surface area contributed by atoms with Gasteiger partial charge in [-0.25, -0.2) is 23.1 Å². The molecule has 0 unspecified atom stereocenters. The number of aromatic nitrogens is 2. The second-order valence-corrected chi connectivity index (χ2v) is 4.38. The van der Waals surface area contributed by atoms with Crippen LogP contribution in [0.4, 0.5) is 24.7 Å². The third kappa shape index (κ3) is 4.16. The molecular formula is C14H13F3N4O2. The van der Waals surface area contributed by atoms with Crippen molar-refractivity contribution in [3.8, 4) is 0 Å². The van der Waals surface area contributed by atoms with Gasteiger partial charge < -0.3 is 15.4 Å². The minimum atomic E-state index is -1.59. The highest BCUT2D eigenvalue weighted by molar-refractivity contribution is 5.92. The summed E-state index contributed by atoms with van der Waals surface area (Å²) in [4.78, 5) is 19.4. The molecule has 1 heterocycles. The molecule has 0 bridgehead atoms. The first kappa shape index (κ1) is 16.7. The highest BCUT2D eigenvalue weighted by Gasteiger charge is 2.14. The van der Waals surface area contributed by atoms with Crippen LogP contribution in [0, 0.1) is 17.5 Å². The van der Waals surface area contributed by atoms with E-state index in [1.807, 2.05) is 0 Å². The van der Waals surface area contributed by atoms with Crippen LogP contribution in [0.25, 0.3) is 0 Å². The van der Waals surface area contributed by atoms with E-state index in [1.165, 1.54) is 19.5 Å². The standard InChI is InChI=1S/C14H13F3N4O2/c1-23-5-4-18-14(22)10-6-20-11(7-19-10)21-9-3-2-8(15)12(16)13(9)17/h2-3,6-7H,4-5H2,1H3,(H,18,22)(H,20,21). The van der Waals surface area contributed by atoms with Crippen LogP contribution in [0.5, 0.6) is 0 Å². The maximum Gasteiger partial charge on any atom is 0.271 e. The molecule has 6 nitrogen and oxygen atoms in total. The van der Waals surface area contributed by atoms with Gasteiger partial charge in [0.15, 0.2) is 17.5 Å². The number of hydrogen-bond donors (Lipinski definition) is 2. The van der Waals surface area contributed by atoms with Crippen LogP contribution in [-0.4, -0.2) is 36.1 Å². The number of rotatable bonds is 6. The van der Waals surface area contributed by atoms with E-state index in [0.29, 0.717) is 13.2 Å². The van der Waals surface area contributed by atoms with Crippen LogP contribution in [0.2, 0.25) is 0 Å². The Labute approximate surface area is 129 Å². The van der Waals surface area contributed by atoms with Crippen molar-refractivity contribution in [2.75, 3.05) is 25.6 Å². The van der Waals surface area contributed by atoms with Gasteiger partial charge in [0.05, 0.1) is 24.7 Å². The van der Waals surface area contributed by atoms with Gasteiger partial charge in [0.2, 0.25) is 0 Å². The van der Waals surface area contributed by atoms with Crippen LogP contribution < -0.4 is 10.6 Å². The predicted octanol–water partition coefficient (Wildman–Crippen LogP) is 2.01. The van der Waals surface area contributed by atoms with Gasteiger partial charge in [-0.1, -0.05) is 0 Å². The first-order valence-electron chi connectivity index (χ1n) is 6.52. The molecule has 2 N–H and O–H groups in total. The van der Waals surface area contributed by atoms with E-state index in [-0.39, 0.29) is 17.2 Å². The Hall–Kier alpha value is -2.68. The lowest BCUT2D eigenvalue weighted by molar-refractivity contribution is 0.0932. The molecule has 0 atom stereocenters. The number of methoxy groups -OCH3 is 1. The van der Waals surface area contributed by atoms with Crippen LogP contribution >= 0.6 is 0 Å². The summed E-state index contributed by atoms with van der Waals surface area (Å²) < 4.78 is 44.3. The number of hydrogen-bond acceptors (Lipinski definition) is 5. The molecule has 23 heavy (non-hydrogen) atoms. The lowest BCUT2D eigenvalue weighted by Gasteiger charge is -2.08. The summed E-state index contributed by atoms with van der Waals surface area (Å²) in [6.45, 7) is 0.672. The lowest BCUT2D eigenvalue weighted by Crippen LogP contribution is -2.27. The molecule has 0 radical (unpaired) electrons. The Morgan fingerprint density at radius 2 is 1.96 bits per heavy atom. The van der Waals surface area contributed by atoms with Gasteiger partial charge in [0.1, 0.15) is 11.5 Å². The van der Waals surface area contributed by atoms with Crippen LogP contribution in [0.3, 0.4) is 0 Å². The van der Waals surface area contributed by atoms with Crippen molar-refractivity contribution in [1.29, 1.82) is 0 Å². The molecule has 0 aliphatic heterocycles. The van der Waals surface area contributed by atoms with E-state index in [1.54, 1.807) is 0 Å². The predicted molar refractivity (Wildman–Crippen MR) is 75.8 cm³/mol. The first-order chi connectivity index (χ1) is 11.0. The number of benzene rings is 1. The second-order valence-electron chi connectivity index (χ2n) is 4.38. The van der Waals surface area contributed by atoms with E-state index in [0.717, 1.165) is 12.1 Å². The molecule has 1 amide bonds. The number of carbonyl (C=O) groups is 1. The molecule has 0 aliphatic rings. The van der Waals surface area contributed by atoms with Gasteiger partial charge in [0, 0.05) is 13.7 Å². The van der Waals surface area contributed by atoms with Crippen molar-refractivity contribution in [1.82, 2.24) is 15.3 Å². The summed E-state index contributed by atoms with van der Waals surface area (Å²) in [5, 5.41) is 5.01. The molecule has 0 aliphatic carbocycles. The fraction of sp³-hybridized carbons (Fsp3) is 0.214. The summed E-state index contributed by atoms with van der Waals surface area (Å²) in [5.41, 5.74) is -0.243.